The van der Waals surface area contributed by atoms with Gasteiger partial charge in [0.1, 0.15) is 5.75 Å². The Morgan fingerprint density at radius 3 is 2.11 bits per heavy atom. The third kappa shape index (κ3) is 8.37. The van der Waals surface area contributed by atoms with E-state index in [-0.39, 0.29) is 17.9 Å². The van der Waals surface area contributed by atoms with Gasteiger partial charge in [-0.15, -0.1) is 0 Å². The summed E-state index contributed by atoms with van der Waals surface area (Å²) in [5.74, 6) is 1.44. The molecule has 0 fully saturated rings. The largest absolute Gasteiger partial charge is 0.507 e. The van der Waals surface area contributed by atoms with Crippen molar-refractivity contribution in [1.29, 1.82) is 0 Å². The molecule has 236 valence electrons. The van der Waals surface area contributed by atoms with E-state index in [1.807, 2.05) is 18.2 Å². The SMILES string of the molecule is CCCCC(CC)COc1nc(-c2ccc3cc4ccccc4cc3c2)nc(-c2ccc(COC(CC)CCCC)cc2O)n1. The van der Waals surface area contributed by atoms with Crippen molar-refractivity contribution in [2.45, 2.75) is 91.8 Å². The second kappa shape index (κ2) is 15.8. The molecule has 2 unspecified atom stereocenters. The number of ether oxygens (including phenoxy) is 2. The van der Waals surface area contributed by atoms with Crippen LogP contribution in [0.4, 0.5) is 0 Å². The standard InChI is InChI=1S/C39H47N3O3/c1-5-9-13-27(7-3)25-45-39-41-37(32-19-18-31-22-29-14-11-12-15-30(29)23-33(31)24-32)40-38(42-39)35-20-17-28(21-36(35)43)26-44-34(8-4)16-10-6-2/h11-12,14-15,17-24,27,34,43H,5-10,13,16,25-26H2,1-4H3. The van der Waals surface area contributed by atoms with E-state index >= 15 is 0 Å². The highest BCUT2D eigenvalue weighted by molar-refractivity contribution is 5.99. The summed E-state index contributed by atoms with van der Waals surface area (Å²) >= 11 is 0. The first-order chi connectivity index (χ1) is 22.0. The Morgan fingerprint density at radius 1 is 0.689 bits per heavy atom. The molecular weight excluding hydrogens is 558 g/mol. The predicted octanol–water partition coefficient (Wildman–Crippen LogP) is 10.3. The molecule has 1 heterocycles. The van der Waals surface area contributed by atoms with Crippen LogP contribution in [-0.4, -0.2) is 32.8 Å². The second-order valence-corrected chi connectivity index (χ2v) is 12.1. The summed E-state index contributed by atoms with van der Waals surface area (Å²) in [4.78, 5) is 14.3. The Kier molecular flexibility index (Phi) is 11.4. The van der Waals surface area contributed by atoms with E-state index in [1.54, 1.807) is 6.07 Å². The van der Waals surface area contributed by atoms with Gasteiger partial charge in [-0.2, -0.15) is 9.97 Å². The van der Waals surface area contributed by atoms with Gasteiger partial charge < -0.3 is 14.6 Å². The van der Waals surface area contributed by atoms with Crippen LogP contribution in [0.1, 0.15) is 84.6 Å². The van der Waals surface area contributed by atoms with E-state index in [2.05, 4.69) is 76.2 Å². The molecule has 2 atom stereocenters. The molecule has 5 rings (SSSR count). The number of aromatic nitrogens is 3. The Bertz CT molecular complexity index is 1700. The molecule has 1 aromatic heterocycles. The molecule has 0 radical (unpaired) electrons. The quantitative estimate of drug-likeness (QED) is 0.113. The number of nitrogens with zero attached hydrogens (tertiary/aromatic N) is 3. The molecular formula is C39H47N3O3. The second-order valence-electron chi connectivity index (χ2n) is 12.1. The lowest BCUT2D eigenvalue weighted by molar-refractivity contribution is 0.0312. The van der Waals surface area contributed by atoms with Gasteiger partial charge in [-0.05, 0) is 82.6 Å². The fourth-order valence-electron chi connectivity index (χ4n) is 5.75. The van der Waals surface area contributed by atoms with E-state index in [0.29, 0.717) is 36.3 Å². The smallest absolute Gasteiger partial charge is 0.320 e. The van der Waals surface area contributed by atoms with Crippen LogP contribution in [0.25, 0.3) is 44.3 Å². The summed E-state index contributed by atoms with van der Waals surface area (Å²) < 4.78 is 12.4. The van der Waals surface area contributed by atoms with Gasteiger partial charge in [0, 0.05) is 5.56 Å². The third-order valence-corrected chi connectivity index (χ3v) is 8.69. The lowest BCUT2D eigenvalue weighted by atomic mass is 10.0. The summed E-state index contributed by atoms with van der Waals surface area (Å²) in [6.07, 6.45) is 9.03. The van der Waals surface area contributed by atoms with Gasteiger partial charge in [-0.3, -0.25) is 0 Å². The molecule has 0 aliphatic carbocycles. The molecule has 5 aromatic rings. The zero-order valence-electron chi connectivity index (χ0n) is 27.3. The molecule has 0 saturated carbocycles. The Labute approximate surface area is 267 Å². The molecule has 0 aliphatic heterocycles. The average molecular weight is 606 g/mol. The minimum Gasteiger partial charge on any atom is -0.507 e. The van der Waals surface area contributed by atoms with E-state index in [9.17, 15) is 5.11 Å². The van der Waals surface area contributed by atoms with Crippen molar-refractivity contribution in [3.63, 3.8) is 0 Å². The van der Waals surface area contributed by atoms with Gasteiger partial charge in [0.05, 0.1) is 24.9 Å². The highest BCUT2D eigenvalue weighted by Gasteiger charge is 2.17. The highest BCUT2D eigenvalue weighted by Crippen LogP contribution is 2.32. The van der Waals surface area contributed by atoms with Gasteiger partial charge in [0.15, 0.2) is 11.6 Å². The van der Waals surface area contributed by atoms with Crippen LogP contribution < -0.4 is 4.74 Å². The zero-order chi connectivity index (χ0) is 31.6. The third-order valence-electron chi connectivity index (χ3n) is 8.69. The lowest BCUT2D eigenvalue weighted by Gasteiger charge is -2.17. The van der Waals surface area contributed by atoms with Crippen molar-refractivity contribution in [3.05, 3.63) is 78.4 Å². The summed E-state index contributed by atoms with van der Waals surface area (Å²) in [6, 6.07) is 24.9. The highest BCUT2D eigenvalue weighted by atomic mass is 16.5. The molecule has 0 amide bonds. The van der Waals surface area contributed by atoms with Crippen LogP contribution in [0.3, 0.4) is 0 Å². The van der Waals surface area contributed by atoms with Crippen LogP contribution in [0.5, 0.6) is 11.8 Å². The van der Waals surface area contributed by atoms with E-state index in [0.717, 1.165) is 66.8 Å². The van der Waals surface area contributed by atoms with Gasteiger partial charge in [0.25, 0.3) is 0 Å². The van der Waals surface area contributed by atoms with Crippen molar-refractivity contribution in [2.24, 2.45) is 5.92 Å². The Balaban J connectivity index is 1.47. The van der Waals surface area contributed by atoms with E-state index < -0.39 is 0 Å². The lowest BCUT2D eigenvalue weighted by Crippen LogP contribution is -2.13. The summed E-state index contributed by atoms with van der Waals surface area (Å²) in [7, 11) is 0. The van der Waals surface area contributed by atoms with Crippen molar-refractivity contribution in [1.82, 2.24) is 15.0 Å². The number of aromatic hydroxyl groups is 1. The first-order valence-corrected chi connectivity index (χ1v) is 16.8. The Morgan fingerprint density at radius 2 is 1.40 bits per heavy atom. The number of hydrogen-bond acceptors (Lipinski definition) is 6. The van der Waals surface area contributed by atoms with Gasteiger partial charge in [-0.25, -0.2) is 4.98 Å². The van der Waals surface area contributed by atoms with Crippen molar-refractivity contribution in [2.75, 3.05) is 6.61 Å². The predicted molar refractivity (Wildman–Crippen MR) is 185 cm³/mol. The molecule has 45 heavy (non-hydrogen) atoms. The molecule has 6 heteroatoms. The Hall–Kier alpha value is -4.03. The van der Waals surface area contributed by atoms with Crippen LogP contribution in [-0.2, 0) is 11.3 Å². The van der Waals surface area contributed by atoms with Crippen LogP contribution in [0, 0.1) is 5.92 Å². The number of phenolic OH excluding ortho intramolecular Hbond substituents is 1. The molecule has 4 aromatic carbocycles. The summed E-state index contributed by atoms with van der Waals surface area (Å²) in [5.41, 5.74) is 2.32. The van der Waals surface area contributed by atoms with E-state index in [1.165, 1.54) is 17.2 Å². The topological polar surface area (TPSA) is 77.4 Å². The molecule has 0 saturated heterocycles. The minimum atomic E-state index is 0.111. The van der Waals surface area contributed by atoms with E-state index in [4.69, 9.17) is 24.4 Å². The van der Waals surface area contributed by atoms with Crippen molar-refractivity contribution >= 4 is 21.5 Å². The fraction of sp³-hybridized carbons (Fsp3) is 0.410. The monoisotopic (exact) mass is 605 g/mol. The molecule has 6 nitrogen and oxygen atoms in total. The van der Waals surface area contributed by atoms with Gasteiger partial charge in [0.2, 0.25) is 0 Å². The molecule has 0 aliphatic rings. The molecule has 1 N–H and O–H groups in total. The fourth-order valence-corrected chi connectivity index (χ4v) is 5.75. The minimum absolute atomic E-state index is 0.111. The number of unbranched alkanes of at least 4 members (excludes halogenated alkanes) is 2. The number of rotatable bonds is 16. The van der Waals surface area contributed by atoms with Crippen molar-refractivity contribution < 1.29 is 14.6 Å². The molecule has 0 bridgehead atoms. The average Bonchev–Trinajstić information content (AvgIpc) is 3.07. The zero-order valence-corrected chi connectivity index (χ0v) is 27.3. The maximum absolute atomic E-state index is 11.2. The first kappa shape index (κ1) is 32.4. The number of hydrogen-bond donors (Lipinski definition) is 1. The van der Waals surface area contributed by atoms with Crippen LogP contribution in [0.15, 0.2) is 72.8 Å². The maximum atomic E-state index is 11.2. The molecule has 0 spiro atoms. The number of phenols is 1. The van der Waals surface area contributed by atoms with Crippen molar-refractivity contribution in [3.8, 4) is 34.5 Å². The van der Waals surface area contributed by atoms with Crippen LogP contribution >= 0.6 is 0 Å². The van der Waals surface area contributed by atoms with Gasteiger partial charge >= 0.3 is 6.01 Å². The van der Waals surface area contributed by atoms with Crippen LogP contribution in [0.2, 0.25) is 0 Å². The first-order valence-electron chi connectivity index (χ1n) is 16.8. The summed E-state index contributed by atoms with van der Waals surface area (Å²) in [6.45, 7) is 9.76. The number of fused-ring (bicyclic) bond motifs is 2. The summed E-state index contributed by atoms with van der Waals surface area (Å²) in [5, 5.41) is 15.8. The normalized spacial score (nSPS) is 12.9. The maximum Gasteiger partial charge on any atom is 0.320 e. The number of benzene rings is 4. The van der Waals surface area contributed by atoms with Gasteiger partial charge in [-0.1, -0.05) is 102 Å².